The Bertz CT molecular complexity index is 451. The zero-order valence-electron chi connectivity index (χ0n) is 12.0. The minimum absolute atomic E-state index is 0.00219. The van der Waals surface area contributed by atoms with E-state index in [2.05, 4.69) is 29.5 Å². The molecule has 0 radical (unpaired) electrons. The molecule has 5 nitrogen and oxygen atoms in total. The number of nitrogens with one attached hydrogen (secondary N) is 1. The molecule has 4 N–H and O–H groups in total. The van der Waals surface area contributed by atoms with Crippen molar-refractivity contribution >= 4 is 17.2 Å². The van der Waals surface area contributed by atoms with Gasteiger partial charge in [-0.25, -0.2) is 4.98 Å². The van der Waals surface area contributed by atoms with Crippen molar-refractivity contribution in [3.63, 3.8) is 0 Å². The summed E-state index contributed by atoms with van der Waals surface area (Å²) >= 11 is 1.64. The van der Waals surface area contributed by atoms with Crippen LogP contribution in [0.25, 0.3) is 0 Å². The Morgan fingerprint density at radius 3 is 2.90 bits per heavy atom. The van der Waals surface area contributed by atoms with Crippen molar-refractivity contribution in [3.05, 3.63) is 16.1 Å². The number of aliphatic hydroxyl groups is 1. The van der Waals surface area contributed by atoms with E-state index in [1.807, 2.05) is 0 Å². The third-order valence-electron chi connectivity index (χ3n) is 3.75. The van der Waals surface area contributed by atoms with E-state index in [4.69, 9.17) is 5.73 Å². The molecule has 1 heterocycles. The topological polar surface area (TPSA) is 88.2 Å². The second-order valence-corrected chi connectivity index (χ2v) is 6.70. The summed E-state index contributed by atoms with van der Waals surface area (Å²) in [7, 11) is 0. The number of amides is 1. The highest BCUT2D eigenvalue weighted by molar-refractivity contribution is 7.09. The summed E-state index contributed by atoms with van der Waals surface area (Å²) in [6, 6.07) is -0.265. The fourth-order valence-corrected chi connectivity index (χ4v) is 3.36. The molecule has 1 aromatic heterocycles. The molecule has 3 atom stereocenters. The maximum absolute atomic E-state index is 11.9. The summed E-state index contributed by atoms with van der Waals surface area (Å²) in [6.45, 7) is 4.83. The van der Waals surface area contributed by atoms with Gasteiger partial charge in [-0.05, 0) is 18.8 Å². The van der Waals surface area contributed by atoms with Crippen molar-refractivity contribution in [2.45, 2.75) is 51.2 Å². The van der Waals surface area contributed by atoms with Crippen LogP contribution in [-0.2, 0) is 11.2 Å². The maximum Gasteiger partial charge on any atom is 0.223 e. The molecular formula is C14H23N3O2S. The van der Waals surface area contributed by atoms with E-state index in [0.717, 1.165) is 17.1 Å². The van der Waals surface area contributed by atoms with E-state index < -0.39 is 6.10 Å². The summed E-state index contributed by atoms with van der Waals surface area (Å²) < 4.78 is 0. The first-order chi connectivity index (χ1) is 9.47. The van der Waals surface area contributed by atoms with Crippen LogP contribution >= 0.6 is 11.3 Å². The van der Waals surface area contributed by atoms with Crippen LogP contribution in [0.1, 0.15) is 43.3 Å². The minimum Gasteiger partial charge on any atom is -0.391 e. The normalized spacial score (nSPS) is 26.1. The first-order valence-corrected chi connectivity index (χ1v) is 8.01. The lowest BCUT2D eigenvalue weighted by Gasteiger charge is -2.09. The van der Waals surface area contributed by atoms with E-state index in [-0.39, 0.29) is 17.9 Å². The Balaban J connectivity index is 1.74. The van der Waals surface area contributed by atoms with Crippen LogP contribution in [0.2, 0.25) is 0 Å². The van der Waals surface area contributed by atoms with Crippen LogP contribution in [0.5, 0.6) is 0 Å². The molecule has 1 aliphatic rings. The molecule has 0 spiro atoms. The van der Waals surface area contributed by atoms with Crippen LogP contribution in [0.3, 0.4) is 0 Å². The molecule has 0 aromatic carbocycles. The van der Waals surface area contributed by atoms with Crippen LogP contribution in [0.4, 0.5) is 0 Å². The van der Waals surface area contributed by atoms with Crippen molar-refractivity contribution in [3.8, 4) is 0 Å². The van der Waals surface area contributed by atoms with Gasteiger partial charge in [-0.2, -0.15) is 0 Å². The van der Waals surface area contributed by atoms with Crippen LogP contribution in [0, 0.1) is 5.92 Å². The van der Waals surface area contributed by atoms with E-state index >= 15 is 0 Å². The summed E-state index contributed by atoms with van der Waals surface area (Å²) in [5.74, 6) is 0.288. The fraction of sp³-hybridized carbons (Fsp3) is 0.714. The average molecular weight is 297 g/mol. The summed E-state index contributed by atoms with van der Waals surface area (Å²) in [4.78, 5) is 16.5. The molecule has 0 saturated heterocycles. The molecule has 1 aliphatic carbocycles. The second-order valence-electron chi connectivity index (χ2n) is 5.76. The van der Waals surface area contributed by atoms with Gasteiger partial charge in [0.05, 0.1) is 16.8 Å². The monoisotopic (exact) mass is 297 g/mol. The highest BCUT2D eigenvalue weighted by Gasteiger charge is 2.34. The number of aliphatic hydroxyl groups excluding tert-OH is 1. The Hall–Kier alpha value is -0.980. The second kappa shape index (κ2) is 6.65. The van der Waals surface area contributed by atoms with Gasteiger partial charge in [0.25, 0.3) is 0 Å². The van der Waals surface area contributed by atoms with Crippen molar-refractivity contribution in [2.75, 3.05) is 6.54 Å². The third-order valence-corrected chi connectivity index (χ3v) is 4.67. The van der Waals surface area contributed by atoms with E-state index in [1.165, 1.54) is 0 Å². The zero-order chi connectivity index (χ0) is 14.7. The van der Waals surface area contributed by atoms with Gasteiger partial charge in [0.2, 0.25) is 5.91 Å². The number of thiazole rings is 1. The summed E-state index contributed by atoms with van der Waals surface area (Å²) in [6.07, 6.45) is 1.26. The largest absolute Gasteiger partial charge is 0.391 e. The fourth-order valence-electron chi connectivity index (χ4n) is 2.40. The van der Waals surface area contributed by atoms with Crippen molar-refractivity contribution < 1.29 is 9.90 Å². The zero-order valence-corrected chi connectivity index (χ0v) is 12.8. The predicted octanol–water partition coefficient (Wildman–Crippen LogP) is 1.02. The lowest BCUT2D eigenvalue weighted by molar-refractivity contribution is -0.125. The molecule has 2 rings (SSSR count). The summed E-state index contributed by atoms with van der Waals surface area (Å²) in [5, 5.41) is 15.6. The lowest BCUT2D eigenvalue weighted by Crippen LogP contribution is -2.32. The van der Waals surface area contributed by atoms with Gasteiger partial charge < -0.3 is 16.2 Å². The van der Waals surface area contributed by atoms with E-state index in [1.54, 1.807) is 11.3 Å². The Morgan fingerprint density at radius 2 is 2.35 bits per heavy atom. The molecule has 1 aromatic rings. The molecule has 1 amide bonds. The Kier molecular flexibility index (Phi) is 5.12. The number of hydrogen-bond donors (Lipinski definition) is 3. The smallest absolute Gasteiger partial charge is 0.223 e. The molecule has 0 aliphatic heterocycles. The van der Waals surface area contributed by atoms with Crippen molar-refractivity contribution in [1.82, 2.24) is 10.3 Å². The Morgan fingerprint density at radius 1 is 1.60 bits per heavy atom. The highest BCUT2D eigenvalue weighted by atomic mass is 32.1. The Labute approximate surface area is 123 Å². The van der Waals surface area contributed by atoms with Crippen LogP contribution in [-0.4, -0.2) is 34.7 Å². The first-order valence-electron chi connectivity index (χ1n) is 7.13. The third kappa shape index (κ3) is 3.77. The molecule has 20 heavy (non-hydrogen) atoms. The molecular weight excluding hydrogens is 274 g/mol. The highest BCUT2D eigenvalue weighted by Crippen LogP contribution is 2.24. The van der Waals surface area contributed by atoms with Gasteiger partial charge in [0.1, 0.15) is 0 Å². The molecule has 0 unspecified atom stereocenters. The maximum atomic E-state index is 11.9. The summed E-state index contributed by atoms with van der Waals surface area (Å²) in [5.41, 5.74) is 6.83. The number of carbonyl (C=O) groups is 1. The van der Waals surface area contributed by atoms with Gasteiger partial charge in [0.15, 0.2) is 0 Å². The number of carbonyl (C=O) groups excluding carboxylic acids is 1. The van der Waals surface area contributed by atoms with Gasteiger partial charge >= 0.3 is 0 Å². The lowest BCUT2D eigenvalue weighted by atomic mass is 10.1. The number of hydrogen-bond acceptors (Lipinski definition) is 5. The van der Waals surface area contributed by atoms with E-state index in [0.29, 0.717) is 25.3 Å². The van der Waals surface area contributed by atoms with Gasteiger partial charge in [0, 0.05) is 30.3 Å². The molecule has 1 saturated carbocycles. The van der Waals surface area contributed by atoms with Crippen LogP contribution in [0.15, 0.2) is 5.38 Å². The molecule has 1 fully saturated rings. The molecule has 6 heteroatoms. The quantitative estimate of drug-likeness (QED) is 0.757. The SMILES string of the molecule is CC(C)c1csc(CCNC(=O)[C@H]2C[C@H](N)[C@@H](O)C2)n1. The van der Waals surface area contributed by atoms with Crippen molar-refractivity contribution in [2.24, 2.45) is 11.7 Å². The number of aromatic nitrogens is 1. The first kappa shape index (κ1) is 15.4. The molecule has 112 valence electrons. The van der Waals surface area contributed by atoms with Gasteiger partial charge in [-0.15, -0.1) is 11.3 Å². The molecule has 0 bridgehead atoms. The average Bonchev–Trinajstić information content (AvgIpc) is 2.98. The number of nitrogens with zero attached hydrogens (tertiary/aromatic N) is 1. The number of nitrogens with two attached hydrogens (primary N) is 1. The van der Waals surface area contributed by atoms with Crippen LogP contribution < -0.4 is 11.1 Å². The van der Waals surface area contributed by atoms with Gasteiger partial charge in [-0.1, -0.05) is 13.8 Å². The standard InChI is InChI=1S/C14H23N3O2S/c1-8(2)11-7-20-13(17-11)3-4-16-14(19)9-5-10(15)12(18)6-9/h7-10,12,18H,3-6,15H2,1-2H3,(H,16,19)/t9-,10-,12-/m0/s1. The van der Waals surface area contributed by atoms with Gasteiger partial charge in [-0.3, -0.25) is 4.79 Å². The minimum atomic E-state index is -0.543. The van der Waals surface area contributed by atoms with Crippen molar-refractivity contribution in [1.29, 1.82) is 0 Å². The van der Waals surface area contributed by atoms with E-state index in [9.17, 15) is 9.90 Å². The predicted molar refractivity (Wildman–Crippen MR) is 79.6 cm³/mol. The number of rotatable bonds is 5.